The van der Waals surface area contributed by atoms with Crippen molar-refractivity contribution in [3.05, 3.63) is 46.8 Å². The molecular weight excluding hydrogens is 340 g/mol. The van der Waals surface area contributed by atoms with Crippen molar-refractivity contribution in [3.63, 3.8) is 0 Å². The summed E-state index contributed by atoms with van der Waals surface area (Å²) < 4.78 is 5.90. The van der Waals surface area contributed by atoms with E-state index in [4.69, 9.17) is 4.74 Å². The summed E-state index contributed by atoms with van der Waals surface area (Å²) in [5, 5.41) is 2.87. The number of aryl methyl sites for hydroxylation is 1. The molecule has 3 rings (SSSR count). The number of carbonyl (C=O) groups is 2. The predicted octanol–water partition coefficient (Wildman–Crippen LogP) is 5.05. The second-order valence-electron chi connectivity index (χ2n) is 7.47. The van der Waals surface area contributed by atoms with Gasteiger partial charge >= 0.3 is 0 Å². The number of carbonyl (C=O) groups excluding carboxylic acids is 2. The number of hydrogen-bond donors (Lipinski definition) is 2. The Labute approximate surface area is 160 Å². The first-order chi connectivity index (χ1) is 13.0. The zero-order valence-electron chi connectivity index (χ0n) is 16.4. The Kier molecular flexibility index (Phi) is 5.99. The molecule has 5 heteroatoms. The number of ketones is 1. The van der Waals surface area contributed by atoms with Gasteiger partial charge in [0, 0.05) is 16.9 Å². The monoisotopic (exact) mass is 368 g/mol. The molecule has 5 nitrogen and oxygen atoms in total. The van der Waals surface area contributed by atoms with Crippen LogP contribution in [0, 0.1) is 19.8 Å². The first-order valence-corrected chi connectivity index (χ1v) is 9.70. The van der Waals surface area contributed by atoms with Gasteiger partial charge in [-0.15, -0.1) is 0 Å². The van der Waals surface area contributed by atoms with E-state index in [1.165, 1.54) is 39.0 Å². The van der Waals surface area contributed by atoms with Crippen LogP contribution in [0.1, 0.15) is 71.1 Å². The Hall–Kier alpha value is -2.56. The Morgan fingerprint density at radius 1 is 1.11 bits per heavy atom. The quantitative estimate of drug-likeness (QED) is 0.701. The van der Waals surface area contributed by atoms with Gasteiger partial charge in [-0.3, -0.25) is 9.59 Å². The maximum Gasteiger partial charge on any atom is 0.272 e. The number of aromatic nitrogens is 1. The number of benzene rings is 1. The number of amides is 1. The van der Waals surface area contributed by atoms with Crippen LogP contribution in [-0.2, 0) is 0 Å². The first kappa shape index (κ1) is 19.2. The molecule has 0 unspecified atom stereocenters. The van der Waals surface area contributed by atoms with Crippen molar-refractivity contribution in [2.45, 2.75) is 52.9 Å². The molecule has 144 valence electrons. The van der Waals surface area contributed by atoms with E-state index in [-0.39, 0.29) is 11.7 Å². The molecule has 1 aliphatic rings. The average molecular weight is 368 g/mol. The summed E-state index contributed by atoms with van der Waals surface area (Å²) in [4.78, 5) is 27.3. The molecule has 1 heterocycles. The minimum atomic E-state index is -0.251. The highest BCUT2D eigenvalue weighted by molar-refractivity contribution is 6.07. The first-order valence-electron chi connectivity index (χ1n) is 9.70. The number of anilines is 1. The van der Waals surface area contributed by atoms with Gasteiger partial charge in [0.25, 0.3) is 5.91 Å². The molecule has 2 aromatic rings. The van der Waals surface area contributed by atoms with E-state index < -0.39 is 0 Å². The highest BCUT2D eigenvalue weighted by Gasteiger charge is 2.20. The average Bonchev–Trinajstić information content (AvgIpc) is 2.96. The number of aromatic amines is 1. The molecule has 1 aromatic carbocycles. The van der Waals surface area contributed by atoms with E-state index in [1.54, 1.807) is 13.8 Å². The van der Waals surface area contributed by atoms with Crippen LogP contribution in [0.15, 0.2) is 24.3 Å². The van der Waals surface area contributed by atoms with E-state index in [9.17, 15) is 9.59 Å². The fraction of sp³-hybridized carbons (Fsp3) is 0.455. The molecule has 1 aromatic heterocycles. The summed E-state index contributed by atoms with van der Waals surface area (Å²) in [6, 6.07) is 7.44. The van der Waals surface area contributed by atoms with Gasteiger partial charge in [-0.2, -0.15) is 0 Å². The molecule has 1 fully saturated rings. The van der Waals surface area contributed by atoms with Crippen LogP contribution < -0.4 is 10.1 Å². The number of Topliss-reactive ketones (excluding diaryl/α,β-unsaturated/α-hetero) is 1. The molecule has 0 radical (unpaired) electrons. The molecule has 1 aliphatic carbocycles. The maximum atomic E-state index is 12.6. The lowest BCUT2D eigenvalue weighted by Gasteiger charge is -2.21. The number of hydrogen-bond acceptors (Lipinski definition) is 3. The lowest BCUT2D eigenvalue weighted by molar-refractivity contribution is 0.101. The zero-order chi connectivity index (χ0) is 19.4. The molecule has 2 N–H and O–H groups in total. The van der Waals surface area contributed by atoms with E-state index >= 15 is 0 Å². The summed E-state index contributed by atoms with van der Waals surface area (Å²) in [6.45, 7) is 5.87. The minimum absolute atomic E-state index is 0.0419. The van der Waals surface area contributed by atoms with Crippen LogP contribution >= 0.6 is 0 Å². The Bertz CT molecular complexity index is 815. The highest BCUT2D eigenvalue weighted by Crippen LogP contribution is 2.25. The van der Waals surface area contributed by atoms with Gasteiger partial charge in [-0.25, -0.2) is 0 Å². The molecule has 0 aliphatic heterocycles. The normalized spacial score (nSPS) is 14.8. The van der Waals surface area contributed by atoms with Gasteiger partial charge in [0.05, 0.1) is 6.61 Å². The Morgan fingerprint density at radius 3 is 2.37 bits per heavy atom. The summed E-state index contributed by atoms with van der Waals surface area (Å²) in [7, 11) is 0. The van der Waals surface area contributed by atoms with Crippen LogP contribution in [0.3, 0.4) is 0 Å². The van der Waals surface area contributed by atoms with Gasteiger partial charge in [-0.1, -0.05) is 19.3 Å². The summed E-state index contributed by atoms with van der Waals surface area (Å²) in [5.74, 6) is 1.19. The number of ether oxygens (including phenoxy) is 1. The van der Waals surface area contributed by atoms with E-state index in [2.05, 4.69) is 10.3 Å². The van der Waals surface area contributed by atoms with E-state index in [0.29, 0.717) is 28.4 Å². The summed E-state index contributed by atoms with van der Waals surface area (Å²) in [5.41, 5.74) is 3.12. The third-order valence-corrected chi connectivity index (χ3v) is 5.34. The van der Waals surface area contributed by atoms with Gasteiger partial charge in [0.15, 0.2) is 5.78 Å². The zero-order valence-corrected chi connectivity index (χ0v) is 16.4. The second kappa shape index (κ2) is 8.42. The third kappa shape index (κ3) is 4.59. The van der Waals surface area contributed by atoms with E-state index in [1.807, 2.05) is 24.3 Å². The smallest absolute Gasteiger partial charge is 0.272 e. The van der Waals surface area contributed by atoms with Gasteiger partial charge < -0.3 is 15.0 Å². The lowest BCUT2D eigenvalue weighted by Crippen LogP contribution is -2.15. The number of nitrogens with one attached hydrogen (secondary N) is 2. The lowest BCUT2D eigenvalue weighted by atomic mass is 9.90. The van der Waals surface area contributed by atoms with Gasteiger partial charge in [0.2, 0.25) is 0 Å². The second-order valence-corrected chi connectivity index (χ2v) is 7.47. The van der Waals surface area contributed by atoms with Crippen molar-refractivity contribution >= 4 is 17.4 Å². The van der Waals surface area contributed by atoms with Gasteiger partial charge in [0.1, 0.15) is 11.4 Å². The highest BCUT2D eigenvalue weighted by atomic mass is 16.5. The third-order valence-electron chi connectivity index (χ3n) is 5.34. The fourth-order valence-electron chi connectivity index (χ4n) is 3.90. The maximum absolute atomic E-state index is 12.6. The molecule has 0 bridgehead atoms. The SMILES string of the molecule is CC(=O)c1c(C)[nH]c(C(=O)Nc2ccc(OCC3CCCCC3)cc2)c1C. The minimum Gasteiger partial charge on any atom is -0.493 e. The standard InChI is InChI=1S/C22H28N2O3/c1-14-20(16(3)25)15(2)23-21(14)22(26)24-18-9-11-19(12-10-18)27-13-17-7-5-4-6-8-17/h9-12,17,23H,4-8,13H2,1-3H3,(H,24,26). The Morgan fingerprint density at radius 2 is 1.78 bits per heavy atom. The van der Waals surface area contributed by atoms with Crippen LogP contribution in [0.2, 0.25) is 0 Å². The molecule has 1 saturated carbocycles. The van der Waals surface area contributed by atoms with Crippen LogP contribution in [-0.4, -0.2) is 23.3 Å². The molecular formula is C22H28N2O3. The molecule has 0 atom stereocenters. The molecule has 1 amide bonds. The fourth-order valence-corrected chi connectivity index (χ4v) is 3.90. The van der Waals surface area contributed by atoms with Crippen molar-refractivity contribution < 1.29 is 14.3 Å². The van der Waals surface area contributed by atoms with Crippen LogP contribution in [0.4, 0.5) is 5.69 Å². The largest absolute Gasteiger partial charge is 0.493 e. The van der Waals surface area contributed by atoms with Crippen molar-refractivity contribution in [2.75, 3.05) is 11.9 Å². The van der Waals surface area contributed by atoms with Crippen molar-refractivity contribution in [1.29, 1.82) is 0 Å². The predicted molar refractivity (Wildman–Crippen MR) is 107 cm³/mol. The van der Waals surface area contributed by atoms with Crippen LogP contribution in [0.25, 0.3) is 0 Å². The summed E-state index contributed by atoms with van der Waals surface area (Å²) in [6.07, 6.45) is 6.47. The Balaban J connectivity index is 1.60. The number of H-pyrrole nitrogens is 1. The van der Waals surface area contributed by atoms with Crippen LogP contribution in [0.5, 0.6) is 5.75 Å². The summed E-state index contributed by atoms with van der Waals surface area (Å²) >= 11 is 0. The number of rotatable bonds is 6. The van der Waals surface area contributed by atoms with Crippen molar-refractivity contribution in [1.82, 2.24) is 4.98 Å². The van der Waals surface area contributed by atoms with E-state index in [0.717, 1.165) is 18.1 Å². The molecule has 0 saturated heterocycles. The topological polar surface area (TPSA) is 71.2 Å². The van der Waals surface area contributed by atoms with Crippen molar-refractivity contribution in [2.24, 2.45) is 5.92 Å². The van der Waals surface area contributed by atoms with Crippen molar-refractivity contribution in [3.8, 4) is 5.75 Å². The van der Waals surface area contributed by atoms with Gasteiger partial charge in [-0.05, 0) is 69.4 Å². The molecule has 0 spiro atoms. The molecule has 27 heavy (non-hydrogen) atoms.